The fourth-order valence-electron chi connectivity index (χ4n) is 1.92. The third-order valence-electron chi connectivity index (χ3n) is 3.05. The summed E-state index contributed by atoms with van der Waals surface area (Å²) < 4.78 is 6.66. The second kappa shape index (κ2) is 6.65. The van der Waals surface area contributed by atoms with E-state index in [1.807, 2.05) is 37.3 Å². The third kappa shape index (κ3) is 3.66. The quantitative estimate of drug-likeness (QED) is 0.481. The first-order valence-electron chi connectivity index (χ1n) is 6.54. The Balaban J connectivity index is 2.18. The van der Waals surface area contributed by atoms with Gasteiger partial charge in [-0.2, -0.15) is 0 Å². The molecule has 0 saturated carbocycles. The minimum absolute atomic E-state index is 0.0481. The number of hydrogen-bond acceptors (Lipinski definition) is 4. The summed E-state index contributed by atoms with van der Waals surface area (Å²) in [5, 5.41) is 0. The normalized spacial score (nSPS) is 12.3. The Morgan fingerprint density at radius 2 is 2.00 bits per heavy atom. The number of ketones is 1. The molecule has 0 aliphatic carbocycles. The van der Waals surface area contributed by atoms with Crippen LogP contribution in [-0.2, 0) is 9.53 Å². The number of imidazole rings is 1. The number of esters is 1. The molecule has 108 valence electrons. The Morgan fingerprint density at radius 1 is 1.29 bits per heavy atom. The monoisotopic (exact) mass is 284 g/mol. The van der Waals surface area contributed by atoms with E-state index in [2.05, 4.69) is 4.98 Å². The van der Waals surface area contributed by atoms with E-state index in [0.717, 1.165) is 11.8 Å². The minimum atomic E-state index is -0.548. The highest BCUT2D eigenvalue weighted by Crippen LogP contribution is 2.19. The lowest BCUT2D eigenvalue weighted by Gasteiger charge is -2.15. The van der Waals surface area contributed by atoms with Crippen molar-refractivity contribution in [3.8, 4) is 0 Å². The maximum atomic E-state index is 12.0. The summed E-state index contributed by atoms with van der Waals surface area (Å²) in [5.41, 5.74) is 1.39. The van der Waals surface area contributed by atoms with Crippen molar-refractivity contribution < 1.29 is 14.3 Å². The largest absolute Gasteiger partial charge is 0.430 e. The molecule has 1 atom stereocenters. The molecule has 0 unspecified atom stereocenters. The van der Waals surface area contributed by atoms with Crippen LogP contribution in [0.15, 0.2) is 55.2 Å². The predicted octanol–water partition coefficient (Wildman–Crippen LogP) is 2.75. The van der Waals surface area contributed by atoms with E-state index in [1.54, 1.807) is 10.9 Å². The molecule has 0 spiro atoms. The molecule has 2 rings (SSSR count). The molecule has 0 N–H and O–H groups in total. The molecule has 1 aromatic heterocycles. The topological polar surface area (TPSA) is 61.2 Å². The molecule has 0 amide bonds. The first-order valence-corrected chi connectivity index (χ1v) is 6.54. The molecule has 0 fully saturated rings. The van der Waals surface area contributed by atoms with Gasteiger partial charge < -0.3 is 9.30 Å². The highest BCUT2D eigenvalue weighted by atomic mass is 16.5. The van der Waals surface area contributed by atoms with E-state index in [0.29, 0.717) is 5.69 Å². The molecule has 5 heteroatoms. The Morgan fingerprint density at radius 3 is 2.67 bits per heavy atom. The van der Waals surface area contributed by atoms with Gasteiger partial charge in [-0.25, -0.2) is 9.78 Å². The van der Waals surface area contributed by atoms with E-state index in [4.69, 9.17) is 4.74 Å². The number of nitrogens with zero attached hydrogens (tertiary/aromatic N) is 2. The highest BCUT2D eigenvalue weighted by molar-refractivity contribution is 5.90. The SMILES string of the molecule is CC(=O)/C=C/OC(=O)c1cncn1[C@H](C)c1ccccc1. The lowest BCUT2D eigenvalue weighted by atomic mass is 10.1. The van der Waals surface area contributed by atoms with Gasteiger partial charge in [-0.3, -0.25) is 4.79 Å². The maximum absolute atomic E-state index is 12.0. The van der Waals surface area contributed by atoms with Crippen molar-refractivity contribution in [2.75, 3.05) is 0 Å². The van der Waals surface area contributed by atoms with E-state index in [-0.39, 0.29) is 11.8 Å². The van der Waals surface area contributed by atoms with Gasteiger partial charge in [0.15, 0.2) is 5.78 Å². The summed E-state index contributed by atoms with van der Waals surface area (Å²) in [6.07, 6.45) is 5.32. The standard InChI is InChI=1S/C16H16N2O3/c1-12(19)8-9-21-16(20)15-10-17-11-18(15)13(2)14-6-4-3-5-7-14/h3-11,13H,1-2H3/b9-8+/t13-/m1/s1. The number of benzene rings is 1. The number of ether oxygens (including phenoxy) is 1. The summed E-state index contributed by atoms with van der Waals surface area (Å²) in [5.74, 6) is -0.734. The van der Waals surface area contributed by atoms with Crippen molar-refractivity contribution in [2.45, 2.75) is 19.9 Å². The Kier molecular flexibility index (Phi) is 4.66. The lowest BCUT2D eigenvalue weighted by molar-refractivity contribution is -0.112. The zero-order valence-electron chi connectivity index (χ0n) is 11.9. The van der Waals surface area contributed by atoms with E-state index >= 15 is 0 Å². The highest BCUT2D eigenvalue weighted by Gasteiger charge is 2.17. The molecule has 2 aromatic rings. The number of allylic oxidation sites excluding steroid dienone is 1. The summed E-state index contributed by atoms with van der Waals surface area (Å²) in [6.45, 7) is 3.35. The number of aromatic nitrogens is 2. The van der Waals surface area contributed by atoms with Crippen LogP contribution in [0.1, 0.15) is 35.9 Å². The smallest absolute Gasteiger partial charge is 0.361 e. The van der Waals surface area contributed by atoms with Crippen LogP contribution in [0.2, 0.25) is 0 Å². The first kappa shape index (κ1) is 14.7. The molecular weight excluding hydrogens is 268 g/mol. The van der Waals surface area contributed by atoms with Gasteiger partial charge in [0.05, 0.1) is 24.8 Å². The lowest BCUT2D eigenvalue weighted by Crippen LogP contribution is -2.14. The molecule has 0 radical (unpaired) electrons. The summed E-state index contributed by atoms with van der Waals surface area (Å²) in [7, 11) is 0. The zero-order valence-corrected chi connectivity index (χ0v) is 11.9. The molecule has 21 heavy (non-hydrogen) atoms. The third-order valence-corrected chi connectivity index (χ3v) is 3.05. The van der Waals surface area contributed by atoms with Crippen molar-refractivity contribution in [1.82, 2.24) is 9.55 Å². The molecule has 0 saturated heterocycles. The van der Waals surface area contributed by atoms with Crippen molar-refractivity contribution in [1.29, 1.82) is 0 Å². The minimum Gasteiger partial charge on any atom is -0.430 e. The Labute approximate surface area is 122 Å². The molecule has 0 aliphatic heterocycles. The van der Waals surface area contributed by atoms with Gasteiger partial charge in [0, 0.05) is 6.08 Å². The summed E-state index contributed by atoms with van der Waals surface area (Å²) >= 11 is 0. The van der Waals surface area contributed by atoms with Crippen LogP contribution in [-0.4, -0.2) is 21.3 Å². The van der Waals surface area contributed by atoms with Crippen LogP contribution < -0.4 is 0 Å². The second-order valence-corrected chi connectivity index (χ2v) is 4.59. The van der Waals surface area contributed by atoms with Crippen LogP contribution in [0.25, 0.3) is 0 Å². The van der Waals surface area contributed by atoms with Gasteiger partial charge in [-0.1, -0.05) is 30.3 Å². The van der Waals surface area contributed by atoms with Crippen molar-refractivity contribution in [3.05, 3.63) is 66.5 Å². The molecule has 0 bridgehead atoms. The van der Waals surface area contributed by atoms with Crippen molar-refractivity contribution in [2.24, 2.45) is 0 Å². The van der Waals surface area contributed by atoms with Crippen molar-refractivity contribution in [3.63, 3.8) is 0 Å². The van der Waals surface area contributed by atoms with Crippen molar-refractivity contribution >= 4 is 11.8 Å². The average Bonchev–Trinajstić information content (AvgIpc) is 2.96. The van der Waals surface area contributed by atoms with E-state index in [9.17, 15) is 9.59 Å². The molecular formula is C16H16N2O3. The van der Waals surface area contributed by atoms with Crippen LogP contribution in [0, 0.1) is 0 Å². The Hall–Kier alpha value is -2.69. The van der Waals surface area contributed by atoms with Crippen LogP contribution in [0.5, 0.6) is 0 Å². The van der Waals surface area contributed by atoms with Gasteiger partial charge in [0.2, 0.25) is 0 Å². The summed E-state index contributed by atoms with van der Waals surface area (Å²) in [4.78, 5) is 26.8. The first-order chi connectivity index (χ1) is 10.1. The van der Waals surface area contributed by atoms with E-state index < -0.39 is 5.97 Å². The van der Waals surface area contributed by atoms with Gasteiger partial charge in [0.25, 0.3) is 0 Å². The van der Waals surface area contributed by atoms with E-state index in [1.165, 1.54) is 19.2 Å². The summed E-state index contributed by atoms with van der Waals surface area (Å²) in [6, 6.07) is 9.73. The molecule has 1 heterocycles. The van der Waals surface area contributed by atoms with Crippen LogP contribution in [0.3, 0.4) is 0 Å². The van der Waals surface area contributed by atoms with Gasteiger partial charge in [-0.05, 0) is 19.4 Å². The molecule has 1 aromatic carbocycles. The van der Waals surface area contributed by atoms with Gasteiger partial charge >= 0.3 is 5.97 Å². The fraction of sp³-hybridized carbons (Fsp3) is 0.188. The molecule has 0 aliphatic rings. The van der Waals surface area contributed by atoms with Crippen LogP contribution >= 0.6 is 0 Å². The maximum Gasteiger partial charge on any atom is 0.361 e. The number of hydrogen-bond donors (Lipinski definition) is 0. The predicted molar refractivity (Wildman–Crippen MR) is 77.7 cm³/mol. The van der Waals surface area contributed by atoms with Gasteiger partial charge in [-0.15, -0.1) is 0 Å². The average molecular weight is 284 g/mol. The number of carbonyl (C=O) groups is 2. The van der Waals surface area contributed by atoms with Gasteiger partial charge in [0.1, 0.15) is 5.69 Å². The van der Waals surface area contributed by atoms with Crippen LogP contribution in [0.4, 0.5) is 0 Å². The zero-order chi connectivity index (χ0) is 15.2. The Bertz CT molecular complexity index is 659. The second-order valence-electron chi connectivity index (χ2n) is 4.59. The number of carbonyl (C=O) groups excluding carboxylic acids is 2. The molecule has 5 nitrogen and oxygen atoms in total. The fourth-order valence-corrected chi connectivity index (χ4v) is 1.92. The number of rotatable bonds is 5.